The number of rotatable bonds is 10. The van der Waals surface area contributed by atoms with Crippen molar-refractivity contribution in [2.45, 2.75) is 38.5 Å². The summed E-state index contributed by atoms with van der Waals surface area (Å²) >= 11 is 12.9. The lowest BCUT2D eigenvalue weighted by Gasteiger charge is -2.12. The van der Waals surface area contributed by atoms with E-state index >= 15 is 0 Å². The van der Waals surface area contributed by atoms with Crippen LogP contribution in [0.5, 0.6) is 11.5 Å². The van der Waals surface area contributed by atoms with Gasteiger partial charge in [0.05, 0.1) is 32.8 Å². The summed E-state index contributed by atoms with van der Waals surface area (Å²) in [5.41, 5.74) is 4.37. The number of nitrogens with one attached hydrogen (secondary N) is 2. The summed E-state index contributed by atoms with van der Waals surface area (Å²) in [7, 11) is -3.85. The smallest absolute Gasteiger partial charge is 0.414 e. The molecule has 0 aliphatic carbocycles. The second-order valence-electron chi connectivity index (χ2n) is 9.43. The summed E-state index contributed by atoms with van der Waals surface area (Å²) in [6.45, 7) is 5.49. The van der Waals surface area contributed by atoms with Crippen LogP contribution < -0.4 is 15.5 Å². The van der Waals surface area contributed by atoms with Gasteiger partial charge in [-0.2, -0.15) is 10.4 Å². The van der Waals surface area contributed by atoms with E-state index < -0.39 is 27.7 Å². The number of anilines is 1. The minimum absolute atomic E-state index is 0.0399. The van der Waals surface area contributed by atoms with Crippen LogP contribution in [-0.2, 0) is 26.0 Å². The number of hydrogen-bond donors (Lipinski definition) is 2. The zero-order valence-corrected chi connectivity index (χ0v) is 26.2. The van der Waals surface area contributed by atoms with Crippen molar-refractivity contribution < 1.29 is 27.5 Å². The van der Waals surface area contributed by atoms with Crippen molar-refractivity contribution >= 4 is 67.5 Å². The molecule has 11 nitrogen and oxygen atoms in total. The number of benzene rings is 3. The number of alkyl carbamates (subject to hydrolysis) is 1. The highest BCUT2D eigenvalue weighted by Gasteiger charge is 2.22. The van der Waals surface area contributed by atoms with Crippen LogP contribution in [0.15, 0.2) is 70.8 Å². The number of nitrogens with zero attached hydrogens (tertiary/aromatic N) is 3. The van der Waals surface area contributed by atoms with Gasteiger partial charge < -0.3 is 9.47 Å². The fourth-order valence-corrected chi connectivity index (χ4v) is 6.16. The molecule has 0 spiro atoms. The van der Waals surface area contributed by atoms with E-state index in [0.29, 0.717) is 23.1 Å². The third kappa shape index (κ3) is 7.14. The summed E-state index contributed by atoms with van der Waals surface area (Å²) in [4.78, 5) is 23.7. The minimum Gasteiger partial charge on any atom is -0.454 e. The Morgan fingerprint density at radius 1 is 1.05 bits per heavy atom. The van der Waals surface area contributed by atoms with Crippen LogP contribution in [0.3, 0.4) is 0 Å². The first-order chi connectivity index (χ1) is 21.0. The minimum atomic E-state index is -3.85. The highest BCUT2D eigenvalue weighted by atomic mass is 35.5. The van der Waals surface area contributed by atoms with Gasteiger partial charge in [-0.05, 0) is 68.3 Å². The molecule has 2 amide bonds. The molecule has 0 unspecified atom stereocenters. The Morgan fingerprint density at radius 3 is 2.34 bits per heavy atom. The summed E-state index contributed by atoms with van der Waals surface area (Å²) < 4.78 is 39.0. The number of aryl methyl sites for hydroxylation is 2. The normalized spacial score (nSPS) is 11.6. The zero-order valence-electron chi connectivity index (χ0n) is 23.9. The number of hydrazone groups is 1. The Labute approximate surface area is 264 Å². The van der Waals surface area contributed by atoms with Gasteiger partial charge in [0.1, 0.15) is 11.8 Å². The van der Waals surface area contributed by atoms with E-state index in [0.717, 1.165) is 17.5 Å². The van der Waals surface area contributed by atoms with Gasteiger partial charge in [-0.1, -0.05) is 54.2 Å². The number of hydrogen-bond acceptors (Lipinski definition) is 9. The van der Waals surface area contributed by atoms with Gasteiger partial charge in [-0.3, -0.25) is 15.5 Å². The van der Waals surface area contributed by atoms with Crippen LogP contribution in [0.25, 0.3) is 10.9 Å². The van der Waals surface area contributed by atoms with Crippen molar-refractivity contribution in [2.24, 2.45) is 5.10 Å². The largest absolute Gasteiger partial charge is 0.454 e. The predicted octanol–water partition coefficient (Wildman–Crippen LogP) is 6.80. The third-order valence-electron chi connectivity index (χ3n) is 6.25. The van der Waals surface area contributed by atoms with Gasteiger partial charge in [0.25, 0.3) is 15.9 Å². The van der Waals surface area contributed by atoms with Gasteiger partial charge in [-0.25, -0.2) is 17.2 Å². The molecular formula is C30H27Cl2N5O6S. The summed E-state index contributed by atoms with van der Waals surface area (Å²) in [5, 5.41) is 15.7. The maximum atomic E-state index is 13.5. The molecular weight excluding hydrogens is 629 g/mol. The first-order valence-corrected chi connectivity index (χ1v) is 15.5. The van der Waals surface area contributed by atoms with Crippen LogP contribution in [-0.4, -0.2) is 36.7 Å². The average Bonchev–Trinajstić information content (AvgIpc) is 3.34. The number of nitriles is 1. The van der Waals surface area contributed by atoms with E-state index in [1.54, 1.807) is 61.7 Å². The van der Waals surface area contributed by atoms with Crippen LogP contribution >= 0.6 is 23.2 Å². The number of fused-ring (bicyclic) bond motifs is 1. The lowest BCUT2D eigenvalue weighted by atomic mass is 10.1. The molecule has 14 heteroatoms. The Bertz CT molecular complexity index is 1890. The van der Waals surface area contributed by atoms with E-state index in [4.69, 9.17) is 27.9 Å². The van der Waals surface area contributed by atoms with Crippen LogP contribution in [0.1, 0.15) is 31.4 Å². The molecule has 0 saturated heterocycles. The lowest BCUT2D eigenvalue weighted by Crippen LogP contribution is -2.36. The monoisotopic (exact) mass is 655 g/mol. The molecule has 1 aromatic heterocycles. The molecule has 3 aromatic carbocycles. The van der Waals surface area contributed by atoms with Crippen molar-refractivity contribution in [3.05, 3.63) is 82.0 Å². The predicted molar refractivity (Wildman–Crippen MR) is 168 cm³/mol. The molecule has 228 valence electrons. The molecule has 0 aliphatic rings. The average molecular weight is 657 g/mol. The highest BCUT2D eigenvalue weighted by Crippen LogP contribution is 2.40. The number of carbonyl (C=O) groups excluding carboxylic acids is 2. The second kappa shape index (κ2) is 13.8. The van der Waals surface area contributed by atoms with Gasteiger partial charge in [0, 0.05) is 11.6 Å². The molecule has 0 radical (unpaired) electrons. The van der Waals surface area contributed by atoms with E-state index in [1.165, 1.54) is 16.1 Å². The molecule has 44 heavy (non-hydrogen) atoms. The van der Waals surface area contributed by atoms with Crippen molar-refractivity contribution in [1.82, 2.24) is 9.29 Å². The molecule has 0 saturated carbocycles. The number of aromatic nitrogens is 1. The Hall–Kier alpha value is -4.57. The van der Waals surface area contributed by atoms with Crippen molar-refractivity contribution in [3.8, 4) is 17.6 Å². The van der Waals surface area contributed by atoms with E-state index in [-0.39, 0.29) is 33.0 Å². The van der Waals surface area contributed by atoms with Crippen LogP contribution in [0, 0.1) is 18.3 Å². The molecule has 4 rings (SSSR count). The molecule has 2 N–H and O–H groups in total. The number of carbonyl (C=O) groups is 2. The summed E-state index contributed by atoms with van der Waals surface area (Å²) in [6, 6.07) is 16.1. The highest BCUT2D eigenvalue weighted by molar-refractivity contribution is 7.90. The van der Waals surface area contributed by atoms with Crippen molar-refractivity contribution in [3.63, 3.8) is 0 Å². The SMILES string of the molecule is CCCc1cn(S(=O)(=O)c2ccc(C)cc2)c2ccc(Oc3c(Cl)cc(NN=C(C#N)C(=O)NC(=O)OCC)cc3Cl)cc12. The van der Waals surface area contributed by atoms with Crippen molar-refractivity contribution in [1.29, 1.82) is 5.26 Å². The van der Waals surface area contributed by atoms with Gasteiger partial charge in [-0.15, -0.1) is 0 Å². The molecule has 0 bridgehead atoms. The molecule has 0 atom stereocenters. The lowest BCUT2D eigenvalue weighted by molar-refractivity contribution is -0.114. The quantitative estimate of drug-likeness (QED) is 0.140. The number of halogens is 2. The van der Waals surface area contributed by atoms with Crippen molar-refractivity contribution in [2.75, 3.05) is 12.0 Å². The van der Waals surface area contributed by atoms with E-state index in [9.17, 15) is 23.3 Å². The molecule has 0 fully saturated rings. The number of ether oxygens (including phenoxy) is 2. The van der Waals surface area contributed by atoms with Crippen LogP contribution in [0.2, 0.25) is 10.0 Å². The Kier molecular flexibility index (Phi) is 10.2. The summed E-state index contributed by atoms with van der Waals surface area (Å²) in [6.07, 6.45) is 2.05. The molecule has 0 aliphatic heterocycles. The maximum absolute atomic E-state index is 13.5. The maximum Gasteiger partial charge on any atom is 0.414 e. The first kappa shape index (κ1) is 32.3. The fourth-order valence-electron chi connectivity index (χ4n) is 4.21. The van der Waals surface area contributed by atoms with Gasteiger partial charge in [0.15, 0.2) is 5.75 Å². The fraction of sp³-hybridized carbons (Fsp3) is 0.200. The number of imide groups is 1. The Balaban J connectivity index is 1.61. The Morgan fingerprint density at radius 2 is 1.73 bits per heavy atom. The molecule has 4 aromatic rings. The van der Waals surface area contributed by atoms with E-state index in [2.05, 4.69) is 15.3 Å². The third-order valence-corrected chi connectivity index (χ3v) is 8.50. The van der Waals surface area contributed by atoms with Crippen LogP contribution in [0.4, 0.5) is 10.5 Å². The summed E-state index contributed by atoms with van der Waals surface area (Å²) in [5.74, 6) is -0.578. The van der Waals surface area contributed by atoms with Gasteiger partial charge in [0.2, 0.25) is 5.71 Å². The molecule has 1 heterocycles. The standard InChI is InChI=1S/C30H27Cl2N5O6S/c1-4-6-19-17-37(44(40,41)22-10-7-18(3)8-11-22)27-12-9-21(15-23(19)27)43-28-24(31)13-20(14-25(28)32)35-36-26(16-33)29(38)34-30(39)42-5-2/h7-15,17,35H,4-6H2,1-3H3,(H,34,38,39). The number of amides is 2. The van der Waals surface area contributed by atoms with Gasteiger partial charge >= 0.3 is 6.09 Å². The first-order valence-electron chi connectivity index (χ1n) is 13.3. The second-order valence-corrected chi connectivity index (χ2v) is 12.1. The zero-order chi connectivity index (χ0) is 32.0. The van der Waals surface area contributed by atoms with E-state index in [1.807, 2.05) is 19.2 Å². The topological polar surface area (TPSA) is 152 Å².